The van der Waals surface area contributed by atoms with Crippen LogP contribution in [0.1, 0.15) is 17.2 Å². The fourth-order valence-corrected chi connectivity index (χ4v) is 5.14. The Bertz CT molecular complexity index is 1200. The molecule has 0 fully saturated rings. The normalized spacial score (nSPS) is 15.2. The summed E-state index contributed by atoms with van der Waals surface area (Å²) in [6.45, 7) is -0.104. The van der Waals surface area contributed by atoms with Gasteiger partial charge in [-0.1, -0.05) is 30.3 Å². The molecule has 0 aliphatic carbocycles. The summed E-state index contributed by atoms with van der Waals surface area (Å²) in [7, 11) is 4.72. The molecule has 1 heterocycles. The number of ether oxygens (including phenoxy) is 3. The lowest BCUT2D eigenvalue weighted by Gasteiger charge is -2.22. The van der Waals surface area contributed by atoms with Gasteiger partial charge < -0.3 is 24.4 Å². The van der Waals surface area contributed by atoms with Crippen LogP contribution in [0.3, 0.4) is 0 Å². The Hall–Kier alpha value is -3.65. The number of hydrogen-bond donors (Lipinski definition) is 1. The van der Waals surface area contributed by atoms with Crippen LogP contribution in [0.25, 0.3) is 0 Å². The molecule has 0 radical (unpaired) electrons. The molecule has 4 rings (SSSR count). The number of carbonyl (C=O) groups is 2. The molecule has 0 saturated carbocycles. The molecule has 2 amide bonds. The highest BCUT2D eigenvalue weighted by Crippen LogP contribution is 2.46. The summed E-state index contributed by atoms with van der Waals surface area (Å²) in [4.78, 5) is 28.8. The number of anilines is 2. The van der Waals surface area contributed by atoms with E-state index in [4.69, 9.17) is 14.2 Å². The third-order valence-electron chi connectivity index (χ3n) is 5.55. The number of amides is 2. The molecule has 1 unspecified atom stereocenters. The van der Waals surface area contributed by atoms with E-state index in [1.807, 2.05) is 54.6 Å². The van der Waals surface area contributed by atoms with E-state index >= 15 is 0 Å². The van der Waals surface area contributed by atoms with Crippen LogP contribution in [0.15, 0.2) is 71.6 Å². The van der Waals surface area contributed by atoms with E-state index in [0.29, 0.717) is 22.9 Å². The highest BCUT2D eigenvalue weighted by atomic mass is 32.2. The van der Waals surface area contributed by atoms with E-state index in [1.54, 1.807) is 50.1 Å². The van der Waals surface area contributed by atoms with E-state index < -0.39 is 0 Å². The van der Waals surface area contributed by atoms with Crippen molar-refractivity contribution < 1.29 is 23.8 Å². The van der Waals surface area contributed by atoms with Gasteiger partial charge in [-0.05, 0) is 42.0 Å². The number of hydrogen-bond acceptors (Lipinski definition) is 6. The lowest BCUT2D eigenvalue weighted by Crippen LogP contribution is -2.38. The minimum Gasteiger partial charge on any atom is -0.495 e. The average Bonchev–Trinajstić information content (AvgIpc) is 3.00. The quantitative estimate of drug-likeness (QED) is 0.519. The van der Waals surface area contributed by atoms with Crippen LogP contribution in [-0.4, -0.2) is 39.7 Å². The van der Waals surface area contributed by atoms with Crippen LogP contribution >= 0.6 is 11.8 Å². The Balaban J connectivity index is 1.60. The van der Waals surface area contributed by atoms with Gasteiger partial charge in [0.05, 0.1) is 32.7 Å². The SMILES string of the molecule is COc1ccccc1NC(=O)CN1C(=O)CC(c2ccc(OC)c(OC)c2)Sc2ccccc21. The molecule has 1 N–H and O–H groups in total. The molecule has 7 nitrogen and oxygen atoms in total. The number of para-hydroxylation sites is 3. The van der Waals surface area contributed by atoms with Crippen molar-refractivity contribution in [2.45, 2.75) is 16.6 Å². The number of thioether (sulfide) groups is 1. The molecule has 176 valence electrons. The maximum Gasteiger partial charge on any atom is 0.244 e. The van der Waals surface area contributed by atoms with Crippen molar-refractivity contribution in [3.05, 3.63) is 72.3 Å². The second-order valence-corrected chi connectivity index (χ2v) is 8.87. The van der Waals surface area contributed by atoms with Crippen molar-refractivity contribution in [1.29, 1.82) is 0 Å². The van der Waals surface area contributed by atoms with Crippen LogP contribution in [0.5, 0.6) is 17.2 Å². The summed E-state index contributed by atoms with van der Waals surface area (Å²) < 4.78 is 16.1. The van der Waals surface area contributed by atoms with Crippen LogP contribution in [0.4, 0.5) is 11.4 Å². The van der Waals surface area contributed by atoms with Crippen molar-refractivity contribution in [2.75, 3.05) is 38.1 Å². The first kappa shape index (κ1) is 23.5. The van der Waals surface area contributed by atoms with Crippen molar-refractivity contribution in [3.8, 4) is 17.2 Å². The van der Waals surface area contributed by atoms with Gasteiger partial charge in [-0.25, -0.2) is 0 Å². The monoisotopic (exact) mass is 478 g/mol. The van der Waals surface area contributed by atoms with Crippen LogP contribution < -0.4 is 24.4 Å². The first-order chi connectivity index (χ1) is 16.5. The van der Waals surface area contributed by atoms with E-state index in [-0.39, 0.29) is 30.0 Å². The zero-order valence-corrected chi connectivity index (χ0v) is 20.1. The number of benzene rings is 3. The van der Waals surface area contributed by atoms with Gasteiger partial charge in [0.15, 0.2) is 11.5 Å². The van der Waals surface area contributed by atoms with Crippen molar-refractivity contribution in [3.63, 3.8) is 0 Å². The largest absolute Gasteiger partial charge is 0.495 e. The summed E-state index contributed by atoms with van der Waals surface area (Å²) in [5.74, 6) is 1.36. The number of methoxy groups -OCH3 is 3. The van der Waals surface area contributed by atoms with Gasteiger partial charge in [0, 0.05) is 16.6 Å². The lowest BCUT2D eigenvalue weighted by atomic mass is 10.1. The smallest absolute Gasteiger partial charge is 0.244 e. The number of nitrogens with zero attached hydrogens (tertiary/aromatic N) is 1. The highest BCUT2D eigenvalue weighted by molar-refractivity contribution is 7.99. The molecular weight excluding hydrogens is 452 g/mol. The third kappa shape index (κ3) is 4.97. The van der Waals surface area contributed by atoms with Crippen LogP contribution in [0, 0.1) is 0 Å². The standard InChI is InChI=1S/C26H26N2O5S/c1-31-20-10-6-4-8-18(20)27-25(29)16-28-19-9-5-7-11-23(19)34-24(15-26(28)30)17-12-13-21(32-2)22(14-17)33-3/h4-14,24H,15-16H2,1-3H3,(H,27,29). The Morgan fingerprint density at radius 1 is 0.941 bits per heavy atom. The highest BCUT2D eigenvalue weighted by Gasteiger charge is 2.31. The van der Waals surface area contributed by atoms with E-state index in [2.05, 4.69) is 5.32 Å². The Morgan fingerprint density at radius 3 is 2.41 bits per heavy atom. The maximum absolute atomic E-state index is 13.4. The Kier molecular flexibility index (Phi) is 7.27. The molecular formula is C26H26N2O5S. The summed E-state index contributed by atoms with van der Waals surface area (Å²) in [6, 6.07) is 20.5. The molecule has 1 aliphatic heterocycles. The molecule has 34 heavy (non-hydrogen) atoms. The third-order valence-corrected chi connectivity index (χ3v) is 6.87. The minimum absolute atomic E-state index is 0.104. The molecule has 0 bridgehead atoms. The molecule has 1 atom stereocenters. The van der Waals surface area contributed by atoms with Crippen molar-refractivity contribution in [1.82, 2.24) is 0 Å². The Morgan fingerprint density at radius 2 is 1.65 bits per heavy atom. The molecule has 3 aromatic carbocycles. The summed E-state index contributed by atoms with van der Waals surface area (Å²) >= 11 is 1.60. The van der Waals surface area contributed by atoms with Gasteiger partial charge in [0.1, 0.15) is 12.3 Å². The van der Waals surface area contributed by atoms with Crippen molar-refractivity contribution >= 4 is 35.0 Å². The van der Waals surface area contributed by atoms with Crippen LogP contribution in [0.2, 0.25) is 0 Å². The number of carbonyl (C=O) groups excluding carboxylic acids is 2. The molecule has 0 aromatic heterocycles. The number of rotatable bonds is 7. The predicted molar refractivity (Wildman–Crippen MR) is 133 cm³/mol. The molecule has 8 heteroatoms. The zero-order valence-electron chi connectivity index (χ0n) is 19.2. The lowest BCUT2D eigenvalue weighted by molar-refractivity contribution is -0.121. The zero-order chi connectivity index (χ0) is 24.1. The van der Waals surface area contributed by atoms with Gasteiger partial charge >= 0.3 is 0 Å². The second-order valence-electron chi connectivity index (χ2n) is 7.62. The summed E-state index contributed by atoms with van der Waals surface area (Å²) in [5.41, 5.74) is 2.23. The fraction of sp³-hybridized carbons (Fsp3) is 0.231. The van der Waals surface area contributed by atoms with E-state index in [0.717, 1.165) is 16.1 Å². The number of fused-ring (bicyclic) bond motifs is 1. The summed E-state index contributed by atoms with van der Waals surface area (Å²) in [6.07, 6.45) is 0.233. The van der Waals surface area contributed by atoms with Gasteiger partial charge in [-0.15, -0.1) is 11.8 Å². The maximum atomic E-state index is 13.4. The minimum atomic E-state index is -0.304. The molecule has 1 aliphatic rings. The second kappa shape index (κ2) is 10.5. The van der Waals surface area contributed by atoms with E-state index in [1.165, 1.54) is 0 Å². The van der Waals surface area contributed by atoms with Gasteiger partial charge in [-0.2, -0.15) is 0 Å². The Labute approximate surface area is 203 Å². The van der Waals surface area contributed by atoms with Gasteiger partial charge in [0.2, 0.25) is 11.8 Å². The number of nitrogens with one attached hydrogen (secondary N) is 1. The average molecular weight is 479 g/mol. The topological polar surface area (TPSA) is 77.1 Å². The van der Waals surface area contributed by atoms with E-state index in [9.17, 15) is 9.59 Å². The summed E-state index contributed by atoms with van der Waals surface area (Å²) in [5, 5.41) is 2.71. The van der Waals surface area contributed by atoms with Gasteiger partial charge in [-0.3, -0.25) is 9.59 Å². The molecule has 0 saturated heterocycles. The first-order valence-corrected chi connectivity index (χ1v) is 11.6. The fourth-order valence-electron chi connectivity index (χ4n) is 3.87. The molecule has 3 aromatic rings. The predicted octanol–water partition coefficient (Wildman–Crippen LogP) is 4.92. The van der Waals surface area contributed by atoms with Gasteiger partial charge in [0.25, 0.3) is 0 Å². The first-order valence-electron chi connectivity index (χ1n) is 10.7. The van der Waals surface area contributed by atoms with Crippen LogP contribution in [-0.2, 0) is 9.59 Å². The molecule has 0 spiro atoms. The van der Waals surface area contributed by atoms with Crippen molar-refractivity contribution in [2.24, 2.45) is 0 Å².